The molecule has 0 bridgehead atoms. The largest absolute Gasteiger partial charge is 0.441 e. The molecule has 0 unspecified atom stereocenters. The molecular weight excluding hydrogens is 334 g/mol. The normalized spacial score (nSPS) is 12.1. The molecule has 1 heterocycles. The van der Waals surface area contributed by atoms with E-state index in [1.807, 2.05) is 31.2 Å². The quantitative estimate of drug-likeness (QED) is 0.495. The summed E-state index contributed by atoms with van der Waals surface area (Å²) in [6.45, 7) is 1.84. The molecule has 0 saturated carbocycles. The zero-order valence-corrected chi connectivity index (χ0v) is 14.6. The minimum Gasteiger partial charge on any atom is -0.441 e. The number of benzene rings is 2. The molecule has 0 spiro atoms. The highest BCUT2D eigenvalue weighted by Gasteiger charge is 2.20. The maximum atomic E-state index is 12.5. The van der Waals surface area contributed by atoms with Crippen molar-refractivity contribution in [2.24, 2.45) is 0 Å². The lowest BCUT2D eigenvalue weighted by Crippen LogP contribution is -2.29. The molecule has 2 aromatic carbocycles. The number of amides is 1. The number of aryl methyl sites for hydroxylation is 1. The molecule has 134 valence electrons. The number of non-ortho nitro benzene ring substituents is 1. The van der Waals surface area contributed by atoms with Gasteiger partial charge in [0.05, 0.1) is 11.0 Å². The number of carbonyl (C=O) groups is 1. The summed E-state index contributed by atoms with van der Waals surface area (Å²) in [5.41, 5.74) is 2.21. The summed E-state index contributed by atoms with van der Waals surface area (Å²) in [4.78, 5) is 28.9. The summed E-state index contributed by atoms with van der Waals surface area (Å²) < 4.78 is 5.63. The van der Waals surface area contributed by atoms with Crippen molar-refractivity contribution in [2.45, 2.75) is 25.8 Å². The maximum absolute atomic E-state index is 12.5. The third kappa shape index (κ3) is 3.72. The van der Waals surface area contributed by atoms with Gasteiger partial charge in [0.1, 0.15) is 5.52 Å². The van der Waals surface area contributed by atoms with Gasteiger partial charge in [0.25, 0.3) is 5.69 Å². The summed E-state index contributed by atoms with van der Waals surface area (Å²) in [7, 11) is 1.69. The first-order valence-corrected chi connectivity index (χ1v) is 8.30. The molecule has 0 saturated heterocycles. The Bertz CT molecular complexity index is 918. The Kier molecular flexibility index (Phi) is 4.97. The molecule has 7 nitrogen and oxygen atoms in total. The minimum absolute atomic E-state index is 0.0154. The Morgan fingerprint density at radius 1 is 1.27 bits per heavy atom. The number of oxazole rings is 1. The van der Waals surface area contributed by atoms with Crippen molar-refractivity contribution in [1.82, 2.24) is 9.88 Å². The van der Waals surface area contributed by atoms with Gasteiger partial charge in [-0.15, -0.1) is 0 Å². The second kappa shape index (κ2) is 7.35. The van der Waals surface area contributed by atoms with E-state index < -0.39 is 4.92 Å². The Morgan fingerprint density at radius 2 is 2.04 bits per heavy atom. The average Bonchev–Trinajstić information content (AvgIpc) is 3.08. The molecule has 0 fully saturated rings. The van der Waals surface area contributed by atoms with Gasteiger partial charge in [0.2, 0.25) is 5.91 Å². The van der Waals surface area contributed by atoms with E-state index in [1.165, 1.54) is 12.1 Å². The van der Waals surface area contributed by atoms with Crippen LogP contribution in [-0.2, 0) is 11.2 Å². The lowest BCUT2D eigenvalue weighted by molar-refractivity contribution is -0.384. The van der Waals surface area contributed by atoms with E-state index in [0.29, 0.717) is 17.9 Å². The van der Waals surface area contributed by atoms with Gasteiger partial charge in [0, 0.05) is 32.0 Å². The van der Waals surface area contributed by atoms with E-state index in [2.05, 4.69) is 4.98 Å². The van der Waals surface area contributed by atoms with Crippen molar-refractivity contribution < 1.29 is 14.1 Å². The van der Waals surface area contributed by atoms with Gasteiger partial charge in [-0.2, -0.15) is 0 Å². The van der Waals surface area contributed by atoms with Gasteiger partial charge in [-0.25, -0.2) is 4.98 Å². The van der Waals surface area contributed by atoms with E-state index >= 15 is 0 Å². The number of nitro groups is 1. The average molecular weight is 353 g/mol. The summed E-state index contributed by atoms with van der Waals surface area (Å²) in [5, 5.41) is 10.9. The van der Waals surface area contributed by atoms with Crippen LogP contribution in [0.25, 0.3) is 11.1 Å². The number of nitrogens with zero attached hydrogens (tertiary/aromatic N) is 3. The van der Waals surface area contributed by atoms with E-state index in [9.17, 15) is 14.9 Å². The van der Waals surface area contributed by atoms with Gasteiger partial charge in [-0.05, 0) is 24.6 Å². The summed E-state index contributed by atoms with van der Waals surface area (Å²) in [5.74, 6) is 0.446. The van der Waals surface area contributed by atoms with E-state index in [0.717, 1.165) is 11.1 Å². The van der Waals surface area contributed by atoms with Gasteiger partial charge >= 0.3 is 0 Å². The Morgan fingerprint density at radius 3 is 2.77 bits per heavy atom. The number of rotatable bonds is 6. The molecule has 0 aliphatic heterocycles. The molecule has 1 amide bonds. The van der Waals surface area contributed by atoms with E-state index in [4.69, 9.17) is 4.42 Å². The highest BCUT2D eigenvalue weighted by atomic mass is 16.6. The van der Waals surface area contributed by atoms with Crippen molar-refractivity contribution in [3.63, 3.8) is 0 Å². The van der Waals surface area contributed by atoms with Crippen LogP contribution in [0.3, 0.4) is 0 Å². The number of para-hydroxylation sites is 2. The van der Waals surface area contributed by atoms with Crippen LogP contribution in [-0.4, -0.2) is 27.8 Å². The number of fused-ring (bicyclic) bond motifs is 1. The van der Waals surface area contributed by atoms with Gasteiger partial charge < -0.3 is 9.32 Å². The number of carbonyl (C=O) groups excluding carboxylic acids is 1. The fraction of sp³-hybridized carbons (Fsp3) is 0.263. The topological polar surface area (TPSA) is 89.5 Å². The van der Waals surface area contributed by atoms with E-state index in [-0.39, 0.29) is 24.1 Å². The smallest absolute Gasteiger partial charge is 0.269 e. The van der Waals surface area contributed by atoms with Crippen LogP contribution in [0.4, 0.5) is 5.69 Å². The fourth-order valence-electron chi connectivity index (χ4n) is 2.75. The highest BCUT2D eigenvalue weighted by molar-refractivity contribution is 5.77. The molecule has 0 N–H and O–H groups in total. The summed E-state index contributed by atoms with van der Waals surface area (Å²) >= 11 is 0. The first kappa shape index (κ1) is 17.6. The van der Waals surface area contributed by atoms with Crippen LogP contribution in [0.2, 0.25) is 0 Å². The molecule has 0 aliphatic carbocycles. The predicted molar refractivity (Wildman–Crippen MR) is 96.6 cm³/mol. The van der Waals surface area contributed by atoms with Crippen molar-refractivity contribution in [3.8, 4) is 0 Å². The van der Waals surface area contributed by atoms with Crippen LogP contribution >= 0.6 is 0 Å². The second-order valence-electron chi connectivity index (χ2n) is 6.11. The minimum atomic E-state index is -0.439. The van der Waals surface area contributed by atoms with Crippen LogP contribution in [0.5, 0.6) is 0 Å². The fourth-order valence-corrected chi connectivity index (χ4v) is 2.75. The van der Waals surface area contributed by atoms with Crippen molar-refractivity contribution in [1.29, 1.82) is 0 Å². The van der Waals surface area contributed by atoms with Crippen molar-refractivity contribution in [3.05, 3.63) is 70.1 Å². The Balaban J connectivity index is 1.65. The summed E-state index contributed by atoms with van der Waals surface area (Å²) in [6.07, 6.45) is 0.655. The molecule has 1 atom stereocenters. The predicted octanol–water partition coefficient (Wildman–Crippen LogP) is 3.89. The lowest BCUT2D eigenvalue weighted by Gasteiger charge is -2.25. The summed E-state index contributed by atoms with van der Waals surface area (Å²) in [6, 6.07) is 13.5. The van der Waals surface area contributed by atoms with Gasteiger partial charge in [-0.1, -0.05) is 24.3 Å². The number of hydrogen-bond acceptors (Lipinski definition) is 5. The third-order valence-corrected chi connectivity index (χ3v) is 4.43. The van der Waals surface area contributed by atoms with Crippen LogP contribution in [0.15, 0.2) is 52.9 Å². The van der Waals surface area contributed by atoms with E-state index in [1.54, 1.807) is 24.1 Å². The van der Waals surface area contributed by atoms with Crippen LogP contribution in [0.1, 0.15) is 30.8 Å². The monoisotopic (exact) mass is 353 g/mol. The molecule has 7 heteroatoms. The molecule has 26 heavy (non-hydrogen) atoms. The standard InChI is InChI=1S/C19H19N3O4/c1-13(14-6-5-7-15(12-14)22(24)25)21(2)19(23)11-10-18-20-16-8-3-4-9-17(16)26-18/h3-9,12-13H,10-11H2,1-2H3/t13-/m1/s1. The number of nitro benzene ring substituents is 1. The zero-order chi connectivity index (χ0) is 18.7. The highest BCUT2D eigenvalue weighted by Crippen LogP contribution is 2.24. The Labute approximate surface area is 150 Å². The Hall–Kier alpha value is -3.22. The van der Waals surface area contributed by atoms with Crippen LogP contribution in [0, 0.1) is 10.1 Å². The van der Waals surface area contributed by atoms with Crippen molar-refractivity contribution >= 4 is 22.7 Å². The second-order valence-corrected chi connectivity index (χ2v) is 6.11. The molecule has 0 radical (unpaired) electrons. The number of hydrogen-bond donors (Lipinski definition) is 0. The molecular formula is C19H19N3O4. The SMILES string of the molecule is C[C@H](c1cccc([N+](=O)[O-])c1)N(C)C(=O)CCc1nc2ccccc2o1. The van der Waals surface area contributed by atoms with Gasteiger partial charge in [0.15, 0.2) is 11.5 Å². The molecule has 3 rings (SSSR count). The first-order chi connectivity index (χ1) is 12.5. The maximum Gasteiger partial charge on any atom is 0.269 e. The van der Waals surface area contributed by atoms with Crippen LogP contribution < -0.4 is 0 Å². The number of aromatic nitrogens is 1. The van der Waals surface area contributed by atoms with Crippen molar-refractivity contribution in [2.75, 3.05) is 7.05 Å². The lowest BCUT2D eigenvalue weighted by atomic mass is 10.1. The third-order valence-electron chi connectivity index (χ3n) is 4.43. The first-order valence-electron chi connectivity index (χ1n) is 8.30. The molecule has 3 aromatic rings. The zero-order valence-electron chi connectivity index (χ0n) is 14.6. The molecule has 1 aromatic heterocycles. The molecule has 0 aliphatic rings. The van der Waals surface area contributed by atoms with Gasteiger partial charge in [-0.3, -0.25) is 14.9 Å².